The number of piperidine rings is 1. The standard InChI is InChI=1S/C21H28N4O4/c1-2-24-11-8-22-18(24)14-23-9-6-21(7-10-23)15-25(12-13-29-21)20(28)19-16(26)4-3-5-17(19)27/h3-5,8,11,26-27H,2,6-7,9-10,12-15H2,1H3. The largest absolute Gasteiger partial charge is 0.507 e. The van der Waals surface area contributed by atoms with Crippen LogP contribution in [0.15, 0.2) is 30.6 Å². The van der Waals surface area contributed by atoms with Crippen LogP contribution in [0.2, 0.25) is 0 Å². The topological polar surface area (TPSA) is 91.1 Å². The van der Waals surface area contributed by atoms with E-state index in [1.165, 1.54) is 18.2 Å². The molecule has 8 nitrogen and oxygen atoms in total. The summed E-state index contributed by atoms with van der Waals surface area (Å²) in [4.78, 5) is 21.5. The Morgan fingerprint density at radius 1 is 1.21 bits per heavy atom. The number of hydrogen-bond acceptors (Lipinski definition) is 6. The van der Waals surface area contributed by atoms with Crippen LogP contribution < -0.4 is 0 Å². The molecule has 1 aromatic carbocycles. The molecule has 2 saturated heterocycles. The third kappa shape index (κ3) is 3.95. The number of rotatable bonds is 4. The maximum absolute atomic E-state index is 12.9. The van der Waals surface area contributed by atoms with Crippen molar-refractivity contribution < 1.29 is 19.7 Å². The number of carbonyl (C=O) groups is 1. The minimum Gasteiger partial charge on any atom is -0.507 e. The fraction of sp³-hybridized carbons (Fsp3) is 0.524. The fourth-order valence-corrected chi connectivity index (χ4v) is 4.32. The molecular weight excluding hydrogens is 372 g/mol. The van der Waals surface area contributed by atoms with Crippen LogP contribution in [-0.4, -0.2) is 73.9 Å². The number of likely N-dealkylation sites (tertiary alicyclic amines) is 1. The van der Waals surface area contributed by atoms with Crippen molar-refractivity contribution in [3.8, 4) is 11.5 Å². The van der Waals surface area contributed by atoms with Crippen molar-refractivity contribution in [2.45, 2.75) is 38.5 Å². The van der Waals surface area contributed by atoms with Gasteiger partial charge in [0.25, 0.3) is 5.91 Å². The van der Waals surface area contributed by atoms with Crippen molar-refractivity contribution in [2.75, 3.05) is 32.8 Å². The molecule has 1 amide bonds. The van der Waals surface area contributed by atoms with E-state index in [1.54, 1.807) is 4.90 Å². The molecule has 156 valence electrons. The van der Waals surface area contributed by atoms with Gasteiger partial charge in [-0.3, -0.25) is 9.69 Å². The molecule has 0 bridgehead atoms. The first-order valence-corrected chi connectivity index (χ1v) is 10.2. The lowest BCUT2D eigenvalue weighted by Gasteiger charge is -2.47. The lowest BCUT2D eigenvalue weighted by Crippen LogP contribution is -2.58. The summed E-state index contributed by atoms with van der Waals surface area (Å²) in [5.41, 5.74) is -0.404. The van der Waals surface area contributed by atoms with Gasteiger partial charge in [0, 0.05) is 38.6 Å². The first-order valence-electron chi connectivity index (χ1n) is 10.2. The quantitative estimate of drug-likeness (QED) is 0.814. The third-order valence-corrected chi connectivity index (χ3v) is 6.04. The molecular formula is C21H28N4O4. The van der Waals surface area contributed by atoms with Crippen molar-refractivity contribution in [1.29, 1.82) is 0 Å². The van der Waals surface area contributed by atoms with Gasteiger partial charge < -0.3 is 24.4 Å². The van der Waals surface area contributed by atoms with Crippen molar-refractivity contribution in [2.24, 2.45) is 0 Å². The van der Waals surface area contributed by atoms with E-state index >= 15 is 0 Å². The highest BCUT2D eigenvalue weighted by Crippen LogP contribution is 2.33. The van der Waals surface area contributed by atoms with Crippen LogP contribution in [0, 0.1) is 0 Å². The minimum atomic E-state index is -0.370. The van der Waals surface area contributed by atoms with Gasteiger partial charge in [-0.05, 0) is 31.9 Å². The van der Waals surface area contributed by atoms with Crippen LogP contribution in [0.25, 0.3) is 0 Å². The molecule has 2 aromatic rings. The summed E-state index contributed by atoms with van der Waals surface area (Å²) >= 11 is 0. The molecule has 0 atom stereocenters. The van der Waals surface area contributed by atoms with E-state index in [1.807, 2.05) is 12.4 Å². The number of amides is 1. The number of aromatic nitrogens is 2. The van der Waals surface area contributed by atoms with Gasteiger partial charge in [-0.2, -0.15) is 0 Å². The van der Waals surface area contributed by atoms with Crippen LogP contribution in [0.3, 0.4) is 0 Å². The number of hydrogen-bond donors (Lipinski definition) is 2. The number of carbonyl (C=O) groups excluding carboxylic acids is 1. The lowest BCUT2D eigenvalue weighted by molar-refractivity contribution is -0.128. The average molecular weight is 400 g/mol. The van der Waals surface area contributed by atoms with E-state index in [2.05, 4.69) is 21.4 Å². The fourth-order valence-electron chi connectivity index (χ4n) is 4.32. The van der Waals surface area contributed by atoms with E-state index in [4.69, 9.17) is 4.74 Å². The van der Waals surface area contributed by atoms with Crippen molar-refractivity contribution in [3.05, 3.63) is 42.0 Å². The maximum Gasteiger partial charge on any atom is 0.261 e. The number of morpholine rings is 1. The van der Waals surface area contributed by atoms with Gasteiger partial charge in [0.1, 0.15) is 22.9 Å². The normalized spacial score (nSPS) is 19.6. The number of nitrogens with zero attached hydrogens (tertiary/aromatic N) is 4. The molecule has 2 aliphatic heterocycles. The van der Waals surface area contributed by atoms with Gasteiger partial charge in [0.2, 0.25) is 0 Å². The SMILES string of the molecule is CCn1ccnc1CN1CCC2(CC1)CN(C(=O)c1c(O)cccc1O)CCO2. The predicted molar refractivity (Wildman–Crippen MR) is 107 cm³/mol. The average Bonchev–Trinajstić information content (AvgIpc) is 3.17. The van der Waals surface area contributed by atoms with Gasteiger partial charge in [0.15, 0.2) is 0 Å². The molecule has 0 radical (unpaired) electrons. The van der Waals surface area contributed by atoms with Crippen molar-refractivity contribution in [3.63, 3.8) is 0 Å². The zero-order valence-corrected chi connectivity index (χ0v) is 16.8. The Bertz CT molecular complexity index is 853. The predicted octanol–water partition coefficient (Wildman–Crippen LogP) is 1.82. The Morgan fingerprint density at radius 3 is 2.62 bits per heavy atom. The molecule has 29 heavy (non-hydrogen) atoms. The molecule has 3 heterocycles. The summed E-state index contributed by atoms with van der Waals surface area (Å²) in [6.07, 6.45) is 5.50. The number of imidazole rings is 1. The Kier molecular flexibility index (Phi) is 5.47. The summed E-state index contributed by atoms with van der Waals surface area (Å²) in [5.74, 6) is 0.323. The van der Waals surface area contributed by atoms with E-state index in [0.29, 0.717) is 19.7 Å². The molecule has 8 heteroatoms. The van der Waals surface area contributed by atoms with Crippen LogP contribution in [-0.2, 0) is 17.8 Å². The van der Waals surface area contributed by atoms with Gasteiger partial charge in [-0.25, -0.2) is 4.98 Å². The van der Waals surface area contributed by atoms with Crippen LogP contribution in [0.1, 0.15) is 35.9 Å². The molecule has 2 fully saturated rings. The highest BCUT2D eigenvalue weighted by molar-refractivity contribution is 5.99. The van der Waals surface area contributed by atoms with Crippen molar-refractivity contribution >= 4 is 5.91 Å². The maximum atomic E-state index is 12.9. The third-order valence-electron chi connectivity index (χ3n) is 6.04. The zero-order chi connectivity index (χ0) is 20.4. The Labute approximate surface area is 170 Å². The second-order valence-corrected chi connectivity index (χ2v) is 7.84. The van der Waals surface area contributed by atoms with Gasteiger partial charge in [-0.15, -0.1) is 0 Å². The number of aryl methyl sites for hydroxylation is 1. The monoisotopic (exact) mass is 400 g/mol. The molecule has 1 aromatic heterocycles. The van der Waals surface area contributed by atoms with Gasteiger partial charge in [-0.1, -0.05) is 6.07 Å². The Morgan fingerprint density at radius 2 is 1.93 bits per heavy atom. The van der Waals surface area contributed by atoms with Crippen LogP contribution in [0.4, 0.5) is 0 Å². The number of phenols is 2. The van der Waals surface area contributed by atoms with E-state index in [0.717, 1.165) is 44.8 Å². The summed E-state index contributed by atoms with van der Waals surface area (Å²) in [7, 11) is 0. The number of aromatic hydroxyl groups is 2. The second-order valence-electron chi connectivity index (χ2n) is 7.84. The van der Waals surface area contributed by atoms with Gasteiger partial charge in [0.05, 0.1) is 25.3 Å². The molecule has 0 unspecified atom stereocenters. The smallest absolute Gasteiger partial charge is 0.261 e. The van der Waals surface area contributed by atoms with E-state index in [-0.39, 0.29) is 28.6 Å². The highest BCUT2D eigenvalue weighted by Gasteiger charge is 2.41. The zero-order valence-electron chi connectivity index (χ0n) is 16.8. The minimum absolute atomic E-state index is 0.0339. The summed E-state index contributed by atoms with van der Waals surface area (Å²) < 4.78 is 8.30. The van der Waals surface area contributed by atoms with E-state index < -0.39 is 0 Å². The molecule has 2 N–H and O–H groups in total. The first-order chi connectivity index (χ1) is 14.0. The molecule has 0 aliphatic carbocycles. The summed E-state index contributed by atoms with van der Waals surface area (Å²) in [6, 6.07) is 4.35. The lowest BCUT2D eigenvalue weighted by atomic mass is 9.89. The first kappa shape index (κ1) is 19.7. The molecule has 0 saturated carbocycles. The number of benzene rings is 1. The van der Waals surface area contributed by atoms with Crippen molar-refractivity contribution in [1.82, 2.24) is 19.4 Å². The Balaban J connectivity index is 1.40. The summed E-state index contributed by atoms with van der Waals surface area (Å²) in [5, 5.41) is 20.1. The van der Waals surface area contributed by atoms with Crippen LogP contribution in [0.5, 0.6) is 11.5 Å². The van der Waals surface area contributed by atoms with E-state index in [9.17, 15) is 15.0 Å². The molecule has 2 aliphatic rings. The second kappa shape index (κ2) is 8.04. The number of phenolic OH excluding ortho intramolecular Hbond substituents is 2. The summed E-state index contributed by atoms with van der Waals surface area (Å²) in [6.45, 7) is 6.96. The van der Waals surface area contributed by atoms with Crippen LogP contribution >= 0.6 is 0 Å². The van der Waals surface area contributed by atoms with Gasteiger partial charge >= 0.3 is 0 Å². The molecule has 4 rings (SSSR count). The Hall–Kier alpha value is -2.58. The number of ether oxygens (including phenoxy) is 1. The highest BCUT2D eigenvalue weighted by atomic mass is 16.5. The molecule has 1 spiro atoms.